The third-order valence-electron chi connectivity index (χ3n) is 3.18. The van der Waals surface area contributed by atoms with E-state index in [-0.39, 0.29) is 17.5 Å². The van der Waals surface area contributed by atoms with Gasteiger partial charge in [-0.05, 0) is 12.1 Å². The van der Waals surface area contributed by atoms with Crippen molar-refractivity contribution in [1.29, 1.82) is 0 Å². The summed E-state index contributed by atoms with van der Waals surface area (Å²) in [5.41, 5.74) is 0. The van der Waals surface area contributed by atoms with E-state index < -0.39 is 11.1 Å². The number of alkyl halides is 3. The number of benzene rings is 1. The standard InChI is InChI=1S/C17H10Cl2F3NO3S/c1-24-10-6-15(25-9-2-3-12(18)13(19)4-9)23-16(7-10)26-11-5-14(27-8-11)17(20,21)22/h2-8H,1H3. The SMILES string of the molecule is COc1cc(Oc2csc(C(F)(F)F)c2)nc(Oc2ccc(Cl)c(Cl)c2)c1. The zero-order valence-corrected chi connectivity index (χ0v) is 15.8. The van der Waals surface area contributed by atoms with E-state index in [4.69, 9.17) is 37.4 Å². The molecule has 2 aromatic heterocycles. The van der Waals surface area contributed by atoms with Gasteiger partial charge >= 0.3 is 6.18 Å². The Kier molecular flexibility index (Phi) is 5.69. The van der Waals surface area contributed by atoms with Crippen molar-refractivity contribution in [3.8, 4) is 29.0 Å². The molecule has 0 unspecified atom stereocenters. The minimum atomic E-state index is -4.43. The first-order valence-corrected chi connectivity index (χ1v) is 8.91. The van der Waals surface area contributed by atoms with Gasteiger partial charge in [-0.15, -0.1) is 11.3 Å². The Morgan fingerprint density at radius 3 is 2.11 bits per heavy atom. The third-order valence-corrected chi connectivity index (χ3v) is 4.87. The van der Waals surface area contributed by atoms with Crippen LogP contribution in [0.3, 0.4) is 0 Å². The molecule has 10 heteroatoms. The van der Waals surface area contributed by atoms with Gasteiger partial charge in [-0.1, -0.05) is 23.2 Å². The van der Waals surface area contributed by atoms with E-state index in [2.05, 4.69) is 4.98 Å². The molecule has 0 N–H and O–H groups in total. The molecular weight excluding hydrogens is 426 g/mol. The molecule has 1 aromatic carbocycles. The first-order chi connectivity index (χ1) is 12.7. The topological polar surface area (TPSA) is 40.6 Å². The Balaban J connectivity index is 1.84. The van der Waals surface area contributed by atoms with Gasteiger partial charge in [0.25, 0.3) is 0 Å². The summed E-state index contributed by atoms with van der Waals surface area (Å²) in [6, 6.07) is 8.45. The number of methoxy groups -OCH3 is 1. The molecule has 0 radical (unpaired) electrons. The molecule has 0 aliphatic rings. The molecule has 0 bridgehead atoms. The lowest BCUT2D eigenvalue weighted by atomic mass is 10.3. The molecule has 0 atom stereocenters. The Morgan fingerprint density at radius 1 is 0.889 bits per heavy atom. The Labute approximate surface area is 166 Å². The molecule has 0 amide bonds. The van der Waals surface area contributed by atoms with E-state index in [0.29, 0.717) is 32.9 Å². The van der Waals surface area contributed by atoms with E-state index in [1.54, 1.807) is 12.1 Å². The van der Waals surface area contributed by atoms with Gasteiger partial charge in [-0.3, -0.25) is 0 Å². The van der Waals surface area contributed by atoms with Crippen LogP contribution in [0.4, 0.5) is 13.2 Å². The minimum Gasteiger partial charge on any atom is -0.496 e. The van der Waals surface area contributed by atoms with Crippen LogP contribution in [0.1, 0.15) is 4.88 Å². The Hall–Kier alpha value is -2.16. The van der Waals surface area contributed by atoms with E-state index in [1.807, 2.05) is 0 Å². The van der Waals surface area contributed by atoms with Crippen LogP contribution < -0.4 is 14.2 Å². The number of nitrogens with zero attached hydrogens (tertiary/aromatic N) is 1. The van der Waals surface area contributed by atoms with Crippen LogP contribution in [-0.2, 0) is 6.18 Å². The molecular formula is C17H10Cl2F3NO3S. The predicted octanol–water partition coefficient (Wildman–Crippen LogP) is 7.06. The molecule has 2 heterocycles. The van der Waals surface area contributed by atoms with Crippen LogP contribution in [-0.4, -0.2) is 12.1 Å². The molecule has 3 aromatic rings. The van der Waals surface area contributed by atoms with Crippen molar-refractivity contribution < 1.29 is 27.4 Å². The number of thiophene rings is 1. The summed E-state index contributed by atoms with van der Waals surface area (Å²) in [7, 11) is 1.43. The van der Waals surface area contributed by atoms with Gasteiger partial charge in [-0.2, -0.15) is 18.2 Å². The van der Waals surface area contributed by atoms with Gasteiger partial charge in [0.2, 0.25) is 11.8 Å². The maximum atomic E-state index is 12.7. The highest BCUT2D eigenvalue weighted by Crippen LogP contribution is 2.38. The van der Waals surface area contributed by atoms with Crippen molar-refractivity contribution in [2.45, 2.75) is 6.18 Å². The number of hydrogen-bond donors (Lipinski definition) is 0. The summed E-state index contributed by atoms with van der Waals surface area (Å²) < 4.78 is 54.3. The smallest absolute Gasteiger partial charge is 0.425 e. The number of halogens is 5. The van der Waals surface area contributed by atoms with Crippen molar-refractivity contribution in [3.05, 3.63) is 56.7 Å². The molecule has 0 saturated heterocycles. The number of rotatable bonds is 5. The highest BCUT2D eigenvalue weighted by atomic mass is 35.5. The van der Waals surface area contributed by atoms with Gasteiger partial charge in [-0.25, -0.2) is 0 Å². The number of ether oxygens (including phenoxy) is 3. The Morgan fingerprint density at radius 2 is 1.56 bits per heavy atom. The first-order valence-electron chi connectivity index (χ1n) is 7.27. The van der Waals surface area contributed by atoms with Crippen LogP contribution >= 0.6 is 34.5 Å². The molecule has 0 aliphatic heterocycles. The van der Waals surface area contributed by atoms with Gasteiger partial charge in [0.1, 0.15) is 22.1 Å². The number of pyridine rings is 1. The molecule has 142 valence electrons. The Bertz CT molecular complexity index is 963. The first kappa shape index (κ1) is 19.6. The van der Waals surface area contributed by atoms with Crippen LogP contribution in [0.2, 0.25) is 10.0 Å². The second-order valence-electron chi connectivity index (χ2n) is 5.11. The largest absolute Gasteiger partial charge is 0.496 e. The van der Waals surface area contributed by atoms with Crippen LogP contribution in [0, 0.1) is 0 Å². The fourth-order valence-corrected chi connectivity index (χ4v) is 2.95. The minimum absolute atomic E-state index is 0.00793. The molecule has 0 fully saturated rings. The second-order valence-corrected chi connectivity index (χ2v) is 6.83. The molecule has 0 aliphatic carbocycles. The van der Waals surface area contributed by atoms with Gasteiger partial charge in [0, 0.05) is 29.6 Å². The van der Waals surface area contributed by atoms with Crippen LogP contribution in [0.5, 0.6) is 29.0 Å². The van der Waals surface area contributed by atoms with Crippen molar-refractivity contribution in [1.82, 2.24) is 4.98 Å². The third kappa shape index (κ3) is 4.97. The fourth-order valence-electron chi connectivity index (χ4n) is 1.98. The van der Waals surface area contributed by atoms with Crippen molar-refractivity contribution in [3.63, 3.8) is 0 Å². The lowest BCUT2D eigenvalue weighted by Gasteiger charge is -2.10. The summed E-state index contributed by atoms with van der Waals surface area (Å²) in [5, 5.41) is 1.90. The van der Waals surface area contributed by atoms with Crippen LogP contribution in [0.15, 0.2) is 41.8 Å². The normalized spacial score (nSPS) is 11.3. The average molecular weight is 436 g/mol. The molecule has 0 spiro atoms. The summed E-state index contributed by atoms with van der Waals surface area (Å²) in [4.78, 5) is 3.35. The van der Waals surface area contributed by atoms with Crippen molar-refractivity contribution >= 4 is 34.5 Å². The quantitative estimate of drug-likeness (QED) is 0.429. The highest BCUT2D eigenvalue weighted by molar-refractivity contribution is 7.10. The van der Waals surface area contributed by atoms with Crippen molar-refractivity contribution in [2.75, 3.05) is 7.11 Å². The molecule has 3 rings (SSSR count). The molecule has 4 nitrogen and oxygen atoms in total. The van der Waals surface area contributed by atoms with Gasteiger partial charge in [0.05, 0.1) is 17.2 Å². The van der Waals surface area contributed by atoms with Crippen molar-refractivity contribution in [2.24, 2.45) is 0 Å². The maximum absolute atomic E-state index is 12.7. The summed E-state index contributed by atoms with van der Waals surface area (Å²) in [6.45, 7) is 0. The number of aromatic nitrogens is 1. The monoisotopic (exact) mass is 435 g/mol. The number of hydrogen-bond acceptors (Lipinski definition) is 5. The van der Waals surface area contributed by atoms with E-state index in [1.165, 1.54) is 30.7 Å². The molecule has 0 saturated carbocycles. The fraction of sp³-hybridized carbons (Fsp3) is 0.118. The van der Waals surface area contributed by atoms with E-state index in [9.17, 15) is 13.2 Å². The summed E-state index contributed by atoms with van der Waals surface area (Å²) in [6.07, 6.45) is -4.43. The van der Waals surface area contributed by atoms with Gasteiger partial charge in [0.15, 0.2) is 0 Å². The average Bonchev–Trinajstić information content (AvgIpc) is 3.07. The zero-order chi connectivity index (χ0) is 19.6. The van der Waals surface area contributed by atoms with E-state index in [0.717, 1.165) is 6.07 Å². The maximum Gasteiger partial charge on any atom is 0.425 e. The lowest BCUT2D eigenvalue weighted by molar-refractivity contribution is -0.134. The predicted molar refractivity (Wildman–Crippen MR) is 96.7 cm³/mol. The van der Waals surface area contributed by atoms with E-state index >= 15 is 0 Å². The highest BCUT2D eigenvalue weighted by Gasteiger charge is 2.32. The molecule has 27 heavy (non-hydrogen) atoms. The van der Waals surface area contributed by atoms with Crippen LogP contribution in [0.25, 0.3) is 0 Å². The summed E-state index contributed by atoms with van der Waals surface area (Å²) in [5.74, 6) is 0.839. The summed E-state index contributed by atoms with van der Waals surface area (Å²) >= 11 is 12.3. The zero-order valence-electron chi connectivity index (χ0n) is 13.5. The second kappa shape index (κ2) is 7.84. The van der Waals surface area contributed by atoms with Gasteiger partial charge < -0.3 is 14.2 Å². The lowest BCUT2D eigenvalue weighted by Crippen LogP contribution is -2.00.